The van der Waals surface area contributed by atoms with Gasteiger partial charge < -0.3 is 5.32 Å². The molecule has 0 aliphatic carbocycles. The summed E-state index contributed by atoms with van der Waals surface area (Å²) in [6.45, 7) is 3.06. The minimum atomic E-state index is 0. The molecule has 1 N–H and O–H groups in total. The van der Waals surface area contributed by atoms with Crippen LogP contribution in [0.15, 0.2) is 59.6 Å². The lowest BCUT2D eigenvalue weighted by molar-refractivity contribution is 0.768. The Morgan fingerprint density at radius 1 is 1.05 bits per heavy atom. The second kappa shape index (κ2) is 8.00. The molecule has 2 aromatic carbocycles. The molecule has 1 aliphatic rings. The van der Waals surface area contributed by atoms with Crippen LogP contribution in [0.2, 0.25) is 0 Å². The van der Waals surface area contributed by atoms with Crippen molar-refractivity contribution in [2.24, 2.45) is 4.99 Å². The normalized spacial score (nSPS) is 18.8. The van der Waals surface area contributed by atoms with Gasteiger partial charge in [-0.25, -0.2) is 0 Å². The summed E-state index contributed by atoms with van der Waals surface area (Å²) in [6, 6.07) is 19.3. The molecule has 1 atom stereocenters. The molecule has 2 nitrogen and oxygen atoms in total. The second-order valence-electron chi connectivity index (χ2n) is 5.55. The van der Waals surface area contributed by atoms with E-state index < -0.39 is 0 Å². The minimum absolute atomic E-state index is 0. The van der Waals surface area contributed by atoms with Crippen molar-refractivity contribution in [3.05, 3.63) is 65.7 Å². The van der Waals surface area contributed by atoms with Crippen LogP contribution in [0.1, 0.15) is 36.8 Å². The van der Waals surface area contributed by atoms with Crippen molar-refractivity contribution in [2.75, 3.05) is 11.9 Å². The molecule has 0 saturated heterocycles. The maximum absolute atomic E-state index is 4.82. The van der Waals surface area contributed by atoms with E-state index in [0.717, 1.165) is 31.6 Å². The van der Waals surface area contributed by atoms with Gasteiger partial charge in [-0.05, 0) is 36.5 Å². The van der Waals surface area contributed by atoms with Gasteiger partial charge in [-0.15, -0.1) is 12.4 Å². The van der Waals surface area contributed by atoms with Crippen molar-refractivity contribution >= 4 is 23.9 Å². The second-order valence-corrected chi connectivity index (χ2v) is 5.55. The minimum Gasteiger partial charge on any atom is -0.343 e. The van der Waals surface area contributed by atoms with E-state index in [9.17, 15) is 0 Å². The van der Waals surface area contributed by atoms with E-state index in [1.54, 1.807) is 0 Å². The molecule has 0 radical (unpaired) electrons. The quantitative estimate of drug-likeness (QED) is 0.841. The number of nitrogens with zero attached hydrogens (tertiary/aromatic N) is 1. The lowest BCUT2D eigenvalue weighted by Crippen LogP contribution is -2.20. The van der Waals surface area contributed by atoms with Gasteiger partial charge >= 0.3 is 0 Å². The van der Waals surface area contributed by atoms with Gasteiger partial charge in [0.05, 0.1) is 0 Å². The summed E-state index contributed by atoms with van der Waals surface area (Å²) in [7, 11) is 0. The van der Waals surface area contributed by atoms with Crippen LogP contribution in [0, 0.1) is 0 Å². The Bertz CT molecular complexity index is 622. The van der Waals surface area contributed by atoms with E-state index in [-0.39, 0.29) is 12.4 Å². The number of hydrogen-bond donors (Lipinski definition) is 1. The smallest absolute Gasteiger partial charge is 0.108 e. The summed E-state index contributed by atoms with van der Waals surface area (Å²) in [6.07, 6.45) is 3.28. The van der Waals surface area contributed by atoms with Crippen LogP contribution < -0.4 is 5.32 Å². The van der Waals surface area contributed by atoms with Crippen molar-refractivity contribution in [3.8, 4) is 0 Å². The molecule has 0 fully saturated rings. The van der Waals surface area contributed by atoms with Gasteiger partial charge in [0.1, 0.15) is 5.84 Å². The summed E-state index contributed by atoms with van der Waals surface area (Å²) in [4.78, 5) is 4.82. The maximum Gasteiger partial charge on any atom is 0.108 e. The van der Waals surface area contributed by atoms with Crippen LogP contribution in [-0.2, 0) is 6.42 Å². The van der Waals surface area contributed by atoms with Gasteiger partial charge in [-0.1, -0.05) is 55.5 Å². The summed E-state index contributed by atoms with van der Waals surface area (Å²) < 4.78 is 0. The molecule has 0 bridgehead atoms. The largest absolute Gasteiger partial charge is 0.343 e. The van der Waals surface area contributed by atoms with E-state index >= 15 is 0 Å². The average molecular weight is 315 g/mol. The SMILES string of the molecule is CCCN=C1Nc2ccccc2CCC1c1ccccc1.Cl. The summed E-state index contributed by atoms with van der Waals surface area (Å²) in [5.74, 6) is 1.48. The molecule has 22 heavy (non-hydrogen) atoms. The van der Waals surface area contributed by atoms with Crippen molar-refractivity contribution in [2.45, 2.75) is 32.1 Å². The van der Waals surface area contributed by atoms with Gasteiger partial charge in [0.25, 0.3) is 0 Å². The third kappa shape index (κ3) is 3.69. The zero-order valence-corrected chi connectivity index (χ0v) is 13.8. The predicted molar refractivity (Wildman–Crippen MR) is 97.4 cm³/mol. The highest BCUT2D eigenvalue weighted by atomic mass is 35.5. The molecule has 3 rings (SSSR count). The fourth-order valence-electron chi connectivity index (χ4n) is 2.91. The Morgan fingerprint density at radius 2 is 1.77 bits per heavy atom. The molecule has 0 amide bonds. The highest BCUT2D eigenvalue weighted by Crippen LogP contribution is 2.30. The van der Waals surface area contributed by atoms with Crippen molar-refractivity contribution in [1.82, 2.24) is 0 Å². The molecule has 1 heterocycles. The third-order valence-corrected chi connectivity index (χ3v) is 4.02. The number of anilines is 1. The number of halogens is 1. The molecule has 0 spiro atoms. The Morgan fingerprint density at radius 3 is 2.55 bits per heavy atom. The van der Waals surface area contributed by atoms with E-state index in [1.165, 1.54) is 16.8 Å². The monoisotopic (exact) mass is 314 g/mol. The lowest BCUT2D eigenvalue weighted by atomic mass is 9.92. The van der Waals surface area contributed by atoms with Crippen molar-refractivity contribution in [1.29, 1.82) is 0 Å². The Labute approximate surface area is 139 Å². The van der Waals surface area contributed by atoms with E-state index in [0.29, 0.717) is 5.92 Å². The van der Waals surface area contributed by atoms with Gasteiger partial charge in [0.15, 0.2) is 0 Å². The average Bonchev–Trinajstić information content (AvgIpc) is 2.73. The molecule has 0 aromatic heterocycles. The highest BCUT2D eigenvalue weighted by Gasteiger charge is 2.22. The number of aliphatic imine (C=N–C) groups is 1. The zero-order valence-electron chi connectivity index (χ0n) is 13.0. The van der Waals surface area contributed by atoms with Crippen molar-refractivity contribution < 1.29 is 0 Å². The fourth-order valence-corrected chi connectivity index (χ4v) is 2.91. The van der Waals surface area contributed by atoms with E-state index in [4.69, 9.17) is 4.99 Å². The number of amidine groups is 1. The molecule has 3 heteroatoms. The molecule has 1 aliphatic heterocycles. The number of fused-ring (bicyclic) bond motifs is 1. The van der Waals surface area contributed by atoms with Crippen LogP contribution in [0.5, 0.6) is 0 Å². The Hall–Kier alpha value is -1.80. The van der Waals surface area contributed by atoms with E-state index in [2.05, 4.69) is 66.8 Å². The first-order valence-electron chi connectivity index (χ1n) is 7.82. The van der Waals surface area contributed by atoms with Gasteiger partial charge in [0.2, 0.25) is 0 Å². The van der Waals surface area contributed by atoms with Crippen LogP contribution in [-0.4, -0.2) is 12.4 Å². The van der Waals surface area contributed by atoms with Crippen LogP contribution in [0.3, 0.4) is 0 Å². The molecule has 1 unspecified atom stereocenters. The number of benzene rings is 2. The molecule has 0 saturated carbocycles. The van der Waals surface area contributed by atoms with E-state index in [1.807, 2.05) is 0 Å². The standard InChI is InChI=1S/C19H22N2.ClH/c1-2-14-20-19-17(15-8-4-3-5-9-15)13-12-16-10-6-7-11-18(16)21-19;/h3-11,17H,2,12-14H2,1H3,(H,20,21);1H. The topological polar surface area (TPSA) is 24.4 Å². The van der Waals surface area contributed by atoms with Crippen LogP contribution in [0.4, 0.5) is 5.69 Å². The zero-order chi connectivity index (χ0) is 14.5. The number of aryl methyl sites for hydroxylation is 1. The van der Waals surface area contributed by atoms with Crippen molar-refractivity contribution in [3.63, 3.8) is 0 Å². The molecule has 116 valence electrons. The summed E-state index contributed by atoms with van der Waals surface area (Å²) >= 11 is 0. The number of nitrogens with one attached hydrogen (secondary N) is 1. The number of para-hydroxylation sites is 1. The maximum atomic E-state index is 4.82. The van der Waals surface area contributed by atoms with Gasteiger partial charge in [0, 0.05) is 18.2 Å². The first-order chi connectivity index (χ1) is 10.4. The fraction of sp³-hybridized carbons (Fsp3) is 0.316. The lowest BCUT2D eigenvalue weighted by Gasteiger charge is -2.18. The van der Waals surface area contributed by atoms with Crippen LogP contribution >= 0.6 is 12.4 Å². The predicted octanol–water partition coefficient (Wildman–Crippen LogP) is 5.06. The summed E-state index contributed by atoms with van der Waals surface area (Å²) in [5, 5.41) is 3.59. The highest BCUT2D eigenvalue weighted by molar-refractivity contribution is 6.01. The third-order valence-electron chi connectivity index (χ3n) is 4.02. The first-order valence-corrected chi connectivity index (χ1v) is 7.82. The summed E-state index contributed by atoms with van der Waals surface area (Å²) in [5.41, 5.74) is 3.96. The molecular weight excluding hydrogens is 292 g/mol. The molecule has 2 aromatic rings. The molecular formula is C19H23ClN2. The van der Waals surface area contributed by atoms with Crippen LogP contribution in [0.25, 0.3) is 0 Å². The van der Waals surface area contributed by atoms with Gasteiger partial charge in [-0.3, -0.25) is 4.99 Å². The van der Waals surface area contributed by atoms with Gasteiger partial charge in [-0.2, -0.15) is 0 Å². The first kappa shape index (κ1) is 16.6. The Balaban J connectivity index is 0.00000176. The number of hydrogen-bond acceptors (Lipinski definition) is 1. The number of rotatable bonds is 3. The Kier molecular flexibility index (Phi) is 6.02.